The molecule has 2 aromatic heterocycles. The number of hydrogen-bond acceptors (Lipinski definition) is 6. The van der Waals surface area contributed by atoms with Crippen LogP contribution in [0.5, 0.6) is 0 Å². The van der Waals surface area contributed by atoms with Crippen LogP contribution in [0.2, 0.25) is 0 Å². The number of nitrogens with one attached hydrogen (secondary N) is 1. The number of aliphatic hydroxyl groups excluding tert-OH is 1. The molecular formula is C25H25F3N4O3. The number of hydrogen-bond donors (Lipinski definition) is 4. The Balaban J connectivity index is 1.64. The van der Waals surface area contributed by atoms with Crippen LogP contribution in [0.1, 0.15) is 48.7 Å². The third kappa shape index (κ3) is 4.59. The number of aromatic nitrogens is 2. The fourth-order valence-corrected chi connectivity index (χ4v) is 4.43. The molecule has 0 spiro atoms. The molecule has 4 rings (SSSR count). The predicted molar refractivity (Wildman–Crippen MR) is 124 cm³/mol. The maximum Gasteiger partial charge on any atom is 0.274 e. The quantitative estimate of drug-likeness (QED) is 0.414. The van der Waals surface area contributed by atoms with Crippen molar-refractivity contribution in [3.63, 3.8) is 0 Å². The number of pyridine rings is 2. The number of nitrogens with two attached hydrogens (primary N) is 1. The molecule has 2 heterocycles. The van der Waals surface area contributed by atoms with Crippen molar-refractivity contribution in [1.29, 1.82) is 0 Å². The van der Waals surface area contributed by atoms with Crippen LogP contribution in [0, 0.1) is 23.4 Å². The van der Waals surface area contributed by atoms with Gasteiger partial charge in [0.2, 0.25) is 0 Å². The number of rotatable bonds is 4. The molecule has 184 valence electrons. The minimum Gasteiger partial charge on any atom is -0.396 e. The Labute approximate surface area is 199 Å². The van der Waals surface area contributed by atoms with E-state index in [1.54, 1.807) is 19.2 Å². The summed E-state index contributed by atoms with van der Waals surface area (Å²) in [4.78, 5) is 20.9. The molecule has 3 aromatic rings. The summed E-state index contributed by atoms with van der Waals surface area (Å²) in [5.74, 6) is -4.41. The Morgan fingerprint density at radius 2 is 1.86 bits per heavy atom. The molecule has 5 N–H and O–H groups in total. The summed E-state index contributed by atoms with van der Waals surface area (Å²) in [6, 6.07) is 5.59. The van der Waals surface area contributed by atoms with Crippen LogP contribution in [0.25, 0.3) is 11.3 Å². The van der Waals surface area contributed by atoms with Gasteiger partial charge >= 0.3 is 0 Å². The van der Waals surface area contributed by atoms with Gasteiger partial charge in [-0.15, -0.1) is 0 Å². The monoisotopic (exact) mass is 486 g/mol. The van der Waals surface area contributed by atoms with Gasteiger partial charge in [0.05, 0.1) is 34.8 Å². The molecule has 0 bridgehead atoms. The second kappa shape index (κ2) is 9.27. The number of nitrogens with zero attached hydrogens (tertiary/aromatic N) is 2. The lowest BCUT2D eigenvalue weighted by atomic mass is 9.69. The lowest BCUT2D eigenvalue weighted by molar-refractivity contribution is -0.123. The average molecular weight is 486 g/mol. The Bertz CT molecular complexity index is 1270. The maximum atomic E-state index is 14.5. The molecule has 7 nitrogen and oxygen atoms in total. The summed E-state index contributed by atoms with van der Waals surface area (Å²) in [7, 11) is 0. The van der Waals surface area contributed by atoms with Gasteiger partial charge in [0.15, 0.2) is 5.82 Å². The molecule has 4 atom stereocenters. The smallest absolute Gasteiger partial charge is 0.274 e. The number of carbonyl (C=O) groups excluding carboxylic acids is 1. The predicted octanol–water partition coefficient (Wildman–Crippen LogP) is 4.02. The highest BCUT2D eigenvalue weighted by atomic mass is 19.1. The first-order valence-corrected chi connectivity index (χ1v) is 11.1. The van der Waals surface area contributed by atoms with E-state index < -0.39 is 46.3 Å². The van der Waals surface area contributed by atoms with Gasteiger partial charge in [0.1, 0.15) is 23.0 Å². The molecule has 1 saturated carbocycles. The van der Waals surface area contributed by atoms with E-state index in [0.717, 1.165) is 24.3 Å². The van der Waals surface area contributed by atoms with Crippen LogP contribution in [0.3, 0.4) is 0 Å². The number of carbonyl (C=O) groups is 1. The minimum absolute atomic E-state index is 0.175. The van der Waals surface area contributed by atoms with Crippen molar-refractivity contribution in [2.45, 2.75) is 44.3 Å². The van der Waals surface area contributed by atoms with E-state index in [0.29, 0.717) is 17.7 Å². The summed E-state index contributed by atoms with van der Waals surface area (Å²) >= 11 is 0. The third-order valence-corrected chi connectivity index (χ3v) is 6.80. The topological polar surface area (TPSA) is 121 Å². The lowest BCUT2D eigenvalue weighted by Crippen LogP contribution is -2.49. The van der Waals surface area contributed by atoms with Crippen LogP contribution in [0.4, 0.5) is 24.5 Å². The highest BCUT2D eigenvalue weighted by Gasteiger charge is 2.43. The van der Waals surface area contributed by atoms with Crippen molar-refractivity contribution in [3.05, 3.63) is 71.4 Å². The Kier molecular flexibility index (Phi) is 6.52. The van der Waals surface area contributed by atoms with Crippen LogP contribution in [-0.2, 0) is 0 Å². The van der Waals surface area contributed by atoms with Gasteiger partial charge in [-0.1, -0.05) is 6.92 Å². The normalized spacial score (nSPS) is 24.3. The second-order valence-corrected chi connectivity index (χ2v) is 9.08. The largest absolute Gasteiger partial charge is 0.396 e. The molecule has 1 fully saturated rings. The molecule has 0 aliphatic heterocycles. The Morgan fingerprint density at radius 3 is 2.57 bits per heavy atom. The van der Waals surface area contributed by atoms with Crippen LogP contribution in [0.15, 0.2) is 42.7 Å². The molecule has 0 radical (unpaired) electrons. The first-order chi connectivity index (χ1) is 16.5. The molecular weight excluding hydrogens is 461 g/mol. The molecule has 1 aromatic carbocycles. The van der Waals surface area contributed by atoms with Gasteiger partial charge < -0.3 is 21.3 Å². The molecule has 35 heavy (non-hydrogen) atoms. The molecule has 0 saturated heterocycles. The zero-order valence-corrected chi connectivity index (χ0v) is 19.1. The van der Waals surface area contributed by atoms with Gasteiger partial charge in [-0.05, 0) is 67.5 Å². The summed E-state index contributed by atoms with van der Waals surface area (Å²) in [5.41, 5.74) is 3.19. The highest BCUT2D eigenvalue weighted by Crippen LogP contribution is 2.43. The number of halogens is 3. The minimum atomic E-state index is -1.23. The van der Waals surface area contributed by atoms with Crippen molar-refractivity contribution in [1.82, 2.24) is 9.97 Å². The van der Waals surface area contributed by atoms with E-state index in [2.05, 4.69) is 15.3 Å². The summed E-state index contributed by atoms with van der Waals surface area (Å²) in [5, 5.41) is 23.6. The number of nitrogen functional groups attached to an aromatic ring is 1. The van der Waals surface area contributed by atoms with Crippen molar-refractivity contribution in [3.8, 4) is 11.3 Å². The van der Waals surface area contributed by atoms with Gasteiger partial charge in [0, 0.05) is 6.20 Å². The van der Waals surface area contributed by atoms with Crippen LogP contribution >= 0.6 is 0 Å². The summed E-state index contributed by atoms with van der Waals surface area (Å²) in [6.07, 6.45) is 2.85. The zero-order chi connectivity index (χ0) is 25.5. The van der Waals surface area contributed by atoms with E-state index in [1.165, 1.54) is 6.20 Å². The van der Waals surface area contributed by atoms with Crippen LogP contribution < -0.4 is 11.1 Å². The van der Waals surface area contributed by atoms with Gasteiger partial charge in [-0.3, -0.25) is 9.78 Å². The zero-order valence-electron chi connectivity index (χ0n) is 19.1. The first kappa shape index (κ1) is 24.6. The second-order valence-electron chi connectivity index (χ2n) is 9.08. The Morgan fingerprint density at radius 1 is 1.14 bits per heavy atom. The van der Waals surface area contributed by atoms with Crippen LogP contribution in [-0.4, -0.2) is 37.8 Å². The van der Waals surface area contributed by atoms with Crippen molar-refractivity contribution >= 4 is 17.3 Å². The van der Waals surface area contributed by atoms with E-state index in [1.807, 2.05) is 6.92 Å². The molecule has 1 amide bonds. The van der Waals surface area contributed by atoms with E-state index in [-0.39, 0.29) is 29.6 Å². The third-order valence-electron chi connectivity index (χ3n) is 6.80. The van der Waals surface area contributed by atoms with Gasteiger partial charge in [-0.2, -0.15) is 0 Å². The van der Waals surface area contributed by atoms with Crippen molar-refractivity contribution < 1.29 is 28.2 Å². The van der Waals surface area contributed by atoms with Gasteiger partial charge in [0.25, 0.3) is 5.91 Å². The van der Waals surface area contributed by atoms with Gasteiger partial charge in [-0.25, -0.2) is 18.2 Å². The molecule has 1 aliphatic carbocycles. The van der Waals surface area contributed by atoms with Crippen molar-refractivity contribution in [2.24, 2.45) is 5.92 Å². The number of aliphatic hydroxyl groups is 2. The molecule has 1 aliphatic rings. The summed E-state index contributed by atoms with van der Waals surface area (Å²) < 4.78 is 43.2. The average Bonchev–Trinajstić information content (AvgIpc) is 2.81. The molecule has 0 unspecified atom stereocenters. The first-order valence-electron chi connectivity index (χ1n) is 11.1. The maximum absolute atomic E-state index is 14.5. The Hall–Kier alpha value is -3.50. The summed E-state index contributed by atoms with van der Waals surface area (Å²) in [6.45, 7) is 3.44. The molecule has 10 heteroatoms. The SMILES string of the molecule is C[C@@H]1C[C@H](c2ccncc2NC(=O)c2ccc(F)c(-c3c(F)ccc(N)c3F)n2)C[C@H](O)[C@@]1(C)O. The highest BCUT2D eigenvalue weighted by molar-refractivity contribution is 6.03. The number of anilines is 2. The van der Waals surface area contributed by atoms with Crippen molar-refractivity contribution in [2.75, 3.05) is 11.1 Å². The van der Waals surface area contributed by atoms with E-state index in [4.69, 9.17) is 5.73 Å². The standard InChI is InChI=1S/C25H25F3N4O3/c1-12-9-13(10-20(33)25(12,2)35)14-7-8-30-11-19(14)32-24(34)18-6-4-16(27)23(31-18)21-15(26)3-5-17(29)22(21)28/h3-8,11-13,20,33,35H,9-10,29H2,1-2H3,(H,32,34)/t12-,13+,20+,25+/m1/s1. The lowest BCUT2D eigenvalue weighted by Gasteiger charge is -2.43. The number of benzene rings is 1. The fraction of sp³-hybridized carbons (Fsp3) is 0.320. The number of amides is 1. The van der Waals surface area contributed by atoms with E-state index in [9.17, 15) is 28.2 Å². The van der Waals surface area contributed by atoms with E-state index >= 15 is 0 Å². The fourth-order valence-electron chi connectivity index (χ4n) is 4.43.